The van der Waals surface area contributed by atoms with Crippen LogP contribution in [0.1, 0.15) is 30.1 Å². The number of piperidine rings is 1. The van der Waals surface area contributed by atoms with E-state index in [2.05, 4.69) is 22.6 Å². The van der Waals surface area contributed by atoms with Crippen molar-refractivity contribution < 1.29 is 19.1 Å². The zero-order valence-corrected chi connectivity index (χ0v) is 16.6. The SMILES string of the molecule is COC(=O)c1ccccc1Nc1cc(N2CCC(C)CC2)c([N+](=O)[O-])c2nonc12. The number of carbonyl (C=O) groups is 1. The van der Waals surface area contributed by atoms with E-state index in [9.17, 15) is 14.9 Å². The largest absolute Gasteiger partial charge is 0.465 e. The number of aromatic nitrogens is 2. The first-order chi connectivity index (χ1) is 14.5. The van der Waals surface area contributed by atoms with Gasteiger partial charge in [-0.15, -0.1) is 0 Å². The van der Waals surface area contributed by atoms with E-state index < -0.39 is 10.9 Å². The van der Waals surface area contributed by atoms with Crippen LogP contribution in [-0.4, -0.2) is 41.4 Å². The van der Waals surface area contributed by atoms with Crippen LogP contribution < -0.4 is 10.2 Å². The maximum absolute atomic E-state index is 12.1. The maximum atomic E-state index is 12.1. The molecule has 0 amide bonds. The number of hydrogen-bond acceptors (Lipinski definition) is 9. The molecule has 156 valence electrons. The van der Waals surface area contributed by atoms with Gasteiger partial charge in [0.2, 0.25) is 5.52 Å². The second-order valence-electron chi connectivity index (χ2n) is 7.34. The molecule has 0 radical (unpaired) electrons. The first-order valence-electron chi connectivity index (χ1n) is 9.62. The number of esters is 1. The van der Waals surface area contributed by atoms with Gasteiger partial charge in [0.05, 0.1) is 29.0 Å². The van der Waals surface area contributed by atoms with Gasteiger partial charge in [0, 0.05) is 13.1 Å². The molecule has 1 aromatic heterocycles. The maximum Gasteiger partial charge on any atom is 0.339 e. The second-order valence-corrected chi connectivity index (χ2v) is 7.34. The molecule has 0 spiro atoms. The number of rotatable bonds is 5. The van der Waals surface area contributed by atoms with Gasteiger partial charge in [0.15, 0.2) is 5.52 Å². The van der Waals surface area contributed by atoms with E-state index in [1.54, 1.807) is 30.3 Å². The molecule has 1 N–H and O–H groups in total. The fourth-order valence-corrected chi connectivity index (χ4v) is 3.71. The Bertz CT molecular complexity index is 1100. The van der Waals surface area contributed by atoms with E-state index in [0.717, 1.165) is 12.8 Å². The van der Waals surface area contributed by atoms with Gasteiger partial charge in [-0.05, 0) is 47.3 Å². The van der Waals surface area contributed by atoms with Crippen LogP contribution in [0.4, 0.5) is 22.7 Å². The summed E-state index contributed by atoms with van der Waals surface area (Å²) in [6.45, 7) is 3.58. The van der Waals surface area contributed by atoms with Gasteiger partial charge in [-0.2, -0.15) is 0 Å². The number of carbonyl (C=O) groups excluding carboxylic acids is 1. The molecule has 30 heavy (non-hydrogen) atoms. The molecule has 0 atom stereocenters. The Kier molecular flexibility index (Phi) is 5.21. The number of anilines is 3. The van der Waals surface area contributed by atoms with E-state index in [-0.39, 0.29) is 16.7 Å². The first kappa shape index (κ1) is 19.6. The zero-order chi connectivity index (χ0) is 21.3. The number of hydrogen-bond donors (Lipinski definition) is 1. The molecule has 10 nitrogen and oxygen atoms in total. The third kappa shape index (κ3) is 3.51. The van der Waals surface area contributed by atoms with Gasteiger partial charge in [0.1, 0.15) is 5.69 Å². The lowest BCUT2D eigenvalue weighted by Crippen LogP contribution is -2.33. The Morgan fingerprint density at radius 1 is 1.23 bits per heavy atom. The quantitative estimate of drug-likeness (QED) is 0.378. The van der Waals surface area contributed by atoms with E-state index >= 15 is 0 Å². The van der Waals surface area contributed by atoms with Crippen molar-refractivity contribution in [2.75, 3.05) is 30.4 Å². The number of para-hydroxylation sites is 1. The average Bonchev–Trinajstić information content (AvgIpc) is 3.23. The molecule has 0 saturated carbocycles. The van der Waals surface area contributed by atoms with Crippen molar-refractivity contribution in [2.45, 2.75) is 19.8 Å². The van der Waals surface area contributed by atoms with Crippen LogP contribution in [-0.2, 0) is 4.74 Å². The third-order valence-corrected chi connectivity index (χ3v) is 5.40. The summed E-state index contributed by atoms with van der Waals surface area (Å²) in [7, 11) is 1.31. The highest BCUT2D eigenvalue weighted by Crippen LogP contribution is 2.41. The molecule has 1 aliphatic rings. The number of methoxy groups -OCH3 is 1. The third-order valence-electron chi connectivity index (χ3n) is 5.40. The summed E-state index contributed by atoms with van der Waals surface area (Å²) in [5.74, 6) is 0.0713. The summed E-state index contributed by atoms with van der Waals surface area (Å²) in [5.41, 5.74) is 1.88. The fourth-order valence-electron chi connectivity index (χ4n) is 3.71. The number of benzene rings is 2. The predicted molar refractivity (Wildman–Crippen MR) is 110 cm³/mol. The van der Waals surface area contributed by atoms with Crippen molar-refractivity contribution in [3.8, 4) is 0 Å². The van der Waals surface area contributed by atoms with Crippen LogP contribution >= 0.6 is 0 Å². The lowest BCUT2D eigenvalue weighted by molar-refractivity contribution is -0.382. The van der Waals surface area contributed by atoms with Gasteiger partial charge < -0.3 is 15.0 Å². The van der Waals surface area contributed by atoms with Gasteiger partial charge in [0.25, 0.3) is 0 Å². The van der Waals surface area contributed by atoms with E-state index in [1.807, 2.05) is 4.90 Å². The summed E-state index contributed by atoms with van der Waals surface area (Å²) in [6, 6.07) is 8.51. The van der Waals surface area contributed by atoms with Crippen LogP contribution in [0.15, 0.2) is 35.0 Å². The smallest absolute Gasteiger partial charge is 0.339 e. The van der Waals surface area contributed by atoms with Crippen LogP contribution in [0.2, 0.25) is 0 Å². The average molecular weight is 411 g/mol. The Morgan fingerprint density at radius 2 is 1.93 bits per heavy atom. The van der Waals surface area contributed by atoms with Crippen LogP contribution in [0.3, 0.4) is 0 Å². The molecule has 4 rings (SSSR count). The number of nitro groups is 1. The van der Waals surface area contributed by atoms with Gasteiger partial charge in [-0.3, -0.25) is 10.1 Å². The highest BCUT2D eigenvalue weighted by atomic mass is 16.6. The summed E-state index contributed by atoms with van der Waals surface area (Å²) in [4.78, 5) is 25.5. The predicted octanol–water partition coefficient (Wildman–Crippen LogP) is 3.90. The van der Waals surface area contributed by atoms with Crippen molar-refractivity contribution in [1.29, 1.82) is 0 Å². The van der Waals surface area contributed by atoms with Crippen molar-refractivity contribution in [2.24, 2.45) is 5.92 Å². The number of nitrogens with one attached hydrogen (secondary N) is 1. The molecule has 2 aromatic carbocycles. The van der Waals surface area contributed by atoms with Gasteiger partial charge in [-0.1, -0.05) is 19.1 Å². The molecule has 1 aliphatic heterocycles. The van der Waals surface area contributed by atoms with Crippen LogP contribution in [0, 0.1) is 16.0 Å². The molecule has 1 saturated heterocycles. The zero-order valence-electron chi connectivity index (χ0n) is 16.6. The summed E-state index contributed by atoms with van der Waals surface area (Å²) < 4.78 is 9.68. The minimum Gasteiger partial charge on any atom is -0.465 e. The Hall–Kier alpha value is -3.69. The van der Waals surface area contributed by atoms with E-state index in [4.69, 9.17) is 9.37 Å². The molecular formula is C20H21N5O5. The molecule has 3 aromatic rings. The standard InChI is InChI=1S/C20H21N5O5/c1-12-7-9-24(10-8-12)16-11-15(17-18(23-30-22-17)19(16)25(27)28)21-14-6-4-3-5-13(14)20(26)29-2/h3-6,11-12,21H,7-10H2,1-2H3. The molecule has 1 fully saturated rings. The highest BCUT2D eigenvalue weighted by Gasteiger charge is 2.30. The van der Waals surface area contributed by atoms with Crippen molar-refractivity contribution in [1.82, 2.24) is 10.3 Å². The molecule has 0 bridgehead atoms. The highest BCUT2D eigenvalue weighted by molar-refractivity contribution is 6.03. The lowest BCUT2D eigenvalue weighted by Gasteiger charge is -2.32. The number of ether oxygens (including phenoxy) is 1. The van der Waals surface area contributed by atoms with Gasteiger partial charge >= 0.3 is 11.7 Å². The number of nitrogens with zero attached hydrogens (tertiary/aromatic N) is 4. The number of fused-ring (bicyclic) bond motifs is 1. The molecule has 0 aliphatic carbocycles. The molecule has 2 heterocycles. The minimum atomic E-state index is -0.500. The Balaban J connectivity index is 1.84. The first-order valence-corrected chi connectivity index (χ1v) is 9.62. The van der Waals surface area contributed by atoms with Gasteiger partial charge in [-0.25, -0.2) is 9.42 Å². The summed E-state index contributed by atoms with van der Waals surface area (Å²) in [6.07, 6.45) is 1.89. The lowest BCUT2D eigenvalue weighted by atomic mass is 9.98. The second kappa shape index (κ2) is 7.97. The summed E-state index contributed by atoms with van der Waals surface area (Å²) in [5, 5.41) is 22.7. The minimum absolute atomic E-state index is 0.0640. The normalized spacial score (nSPS) is 14.7. The Labute approximate surface area is 171 Å². The molecule has 0 unspecified atom stereocenters. The monoisotopic (exact) mass is 411 g/mol. The van der Waals surface area contributed by atoms with Crippen molar-refractivity contribution in [3.63, 3.8) is 0 Å². The van der Waals surface area contributed by atoms with Crippen LogP contribution in [0.5, 0.6) is 0 Å². The molecular weight excluding hydrogens is 390 g/mol. The van der Waals surface area contributed by atoms with Crippen molar-refractivity contribution in [3.05, 3.63) is 46.0 Å². The fraction of sp³-hybridized carbons (Fsp3) is 0.350. The number of nitro benzene ring substituents is 1. The topological polar surface area (TPSA) is 124 Å². The van der Waals surface area contributed by atoms with E-state index in [0.29, 0.717) is 41.6 Å². The Morgan fingerprint density at radius 3 is 2.63 bits per heavy atom. The summed E-state index contributed by atoms with van der Waals surface area (Å²) >= 11 is 0. The van der Waals surface area contributed by atoms with E-state index in [1.165, 1.54) is 7.11 Å². The van der Waals surface area contributed by atoms with Crippen LogP contribution in [0.25, 0.3) is 11.0 Å². The van der Waals surface area contributed by atoms with Crippen molar-refractivity contribution >= 4 is 39.8 Å². The molecule has 10 heteroatoms.